The molecule has 5 aromatic carbocycles. The molecular formula is C30H17N3. The summed E-state index contributed by atoms with van der Waals surface area (Å²) in [4.78, 5) is 10.3. The highest BCUT2D eigenvalue weighted by molar-refractivity contribution is 6.36. The summed E-state index contributed by atoms with van der Waals surface area (Å²) < 4.78 is 2.25. The van der Waals surface area contributed by atoms with Crippen molar-refractivity contribution in [2.75, 3.05) is 0 Å². The van der Waals surface area contributed by atoms with E-state index in [2.05, 4.69) is 83.4 Å². The molecule has 0 saturated heterocycles. The molecule has 8 aromatic rings. The van der Waals surface area contributed by atoms with Gasteiger partial charge in [0.1, 0.15) is 5.52 Å². The van der Waals surface area contributed by atoms with Gasteiger partial charge >= 0.3 is 0 Å². The van der Waals surface area contributed by atoms with Crippen molar-refractivity contribution in [1.82, 2.24) is 14.4 Å². The Kier molecular flexibility index (Phi) is 3.14. The number of rotatable bonds is 0. The molecule has 0 aliphatic rings. The molecule has 0 amide bonds. The first-order valence-electron chi connectivity index (χ1n) is 11.2. The maximum Gasteiger partial charge on any atom is 0.164 e. The SMILES string of the molecule is c1ccc2c(c1)cn1c3nc4ccccc4nc3c3c4ccccc4c4ccccc4c3c21. The number of fused-ring (bicyclic) bond motifs is 14. The van der Waals surface area contributed by atoms with Crippen LogP contribution in [-0.2, 0) is 0 Å². The van der Waals surface area contributed by atoms with E-state index in [1.165, 1.54) is 48.6 Å². The maximum atomic E-state index is 5.20. The van der Waals surface area contributed by atoms with Crippen molar-refractivity contribution in [1.29, 1.82) is 0 Å². The Hall–Kier alpha value is -4.50. The summed E-state index contributed by atoms with van der Waals surface area (Å²) >= 11 is 0. The van der Waals surface area contributed by atoms with Crippen LogP contribution in [0.1, 0.15) is 0 Å². The number of nitrogens with zero attached hydrogens (tertiary/aromatic N) is 3. The van der Waals surface area contributed by atoms with Crippen LogP contribution in [0.15, 0.2) is 103 Å². The Morgan fingerprint density at radius 3 is 1.76 bits per heavy atom. The predicted octanol–water partition coefficient (Wildman–Crippen LogP) is 7.65. The average molecular weight is 419 g/mol. The van der Waals surface area contributed by atoms with Crippen molar-refractivity contribution < 1.29 is 0 Å². The summed E-state index contributed by atoms with van der Waals surface area (Å²) in [7, 11) is 0. The van der Waals surface area contributed by atoms with Crippen LogP contribution in [0.2, 0.25) is 0 Å². The Bertz CT molecular complexity index is 2080. The molecule has 3 nitrogen and oxygen atoms in total. The second kappa shape index (κ2) is 6.05. The third kappa shape index (κ3) is 2.14. The first-order valence-corrected chi connectivity index (χ1v) is 11.2. The van der Waals surface area contributed by atoms with Crippen LogP contribution in [0, 0.1) is 0 Å². The van der Waals surface area contributed by atoms with E-state index in [0.29, 0.717) is 0 Å². The van der Waals surface area contributed by atoms with Crippen molar-refractivity contribution in [2.24, 2.45) is 0 Å². The van der Waals surface area contributed by atoms with Crippen LogP contribution in [-0.4, -0.2) is 14.4 Å². The second-order valence-electron chi connectivity index (χ2n) is 8.66. The first-order chi connectivity index (χ1) is 16.4. The fourth-order valence-corrected chi connectivity index (χ4v) is 5.54. The number of para-hydroxylation sites is 2. The van der Waals surface area contributed by atoms with E-state index >= 15 is 0 Å². The molecule has 0 N–H and O–H groups in total. The lowest BCUT2D eigenvalue weighted by Gasteiger charge is -2.15. The van der Waals surface area contributed by atoms with Crippen molar-refractivity contribution in [3.63, 3.8) is 0 Å². The second-order valence-corrected chi connectivity index (χ2v) is 8.66. The minimum Gasteiger partial charge on any atom is -0.298 e. The number of aromatic nitrogens is 3. The van der Waals surface area contributed by atoms with Crippen LogP contribution in [0.25, 0.3) is 70.8 Å². The van der Waals surface area contributed by atoms with Gasteiger partial charge in [0.15, 0.2) is 5.65 Å². The third-order valence-electron chi connectivity index (χ3n) is 6.91. The van der Waals surface area contributed by atoms with Gasteiger partial charge in [-0.2, -0.15) is 0 Å². The largest absolute Gasteiger partial charge is 0.298 e. The normalized spacial score (nSPS) is 12.2. The van der Waals surface area contributed by atoms with E-state index in [9.17, 15) is 0 Å². The maximum absolute atomic E-state index is 5.20. The highest BCUT2D eigenvalue weighted by atomic mass is 15.0. The highest BCUT2D eigenvalue weighted by Gasteiger charge is 2.19. The molecule has 0 aliphatic carbocycles. The summed E-state index contributed by atoms with van der Waals surface area (Å²) in [5.41, 5.74) is 4.86. The molecule has 0 aliphatic heterocycles. The van der Waals surface area contributed by atoms with Gasteiger partial charge in [-0.25, -0.2) is 9.97 Å². The van der Waals surface area contributed by atoms with Crippen LogP contribution in [0.4, 0.5) is 0 Å². The minimum atomic E-state index is 0.896. The van der Waals surface area contributed by atoms with Gasteiger partial charge in [0.25, 0.3) is 0 Å². The molecule has 3 heteroatoms. The molecule has 3 heterocycles. The Labute approximate surface area is 188 Å². The number of hydrogen-bond donors (Lipinski definition) is 0. The van der Waals surface area contributed by atoms with Gasteiger partial charge in [-0.15, -0.1) is 0 Å². The summed E-state index contributed by atoms with van der Waals surface area (Å²) in [5.74, 6) is 0. The molecule has 152 valence electrons. The lowest BCUT2D eigenvalue weighted by Crippen LogP contribution is -1.97. The zero-order valence-corrected chi connectivity index (χ0v) is 17.7. The molecule has 0 atom stereocenters. The van der Waals surface area contributed by atoms with Crippen LogP contribution in [0.3, 0.4) is 0 Å². The monoisotopic (exact) mass is 419 g/mol. The lowest BCUT2D eigenvalue weighted by molar-refractivity contribution is 1.22. The highest BCUT2D eigenvalue weighted by Crippen LogP contribution is 2.42. The summed E-state index contributed by atoms with van der Waals surface area (Å²) in [6, 6.07) is 34.2. The molecule has 0 radical (unpaired) electrons. The van der Waals surface area contributed by atoms with Crippen molar-refractivity contribution in [3.05, 3.63) is 103 Å². The van der Waals surface area contributed by atoms with Gasteiger partial charge < -0.3 is 0 Å². The van der Waals surface area contributed by atoms with E-state index in [4.69, 9.17) is 9.97 Å². The minimum absolute atomic E-state index is 0.896. The zero-order chi connectivity index (χ0) is 21.5. The number of pyridine rings is 1. The molecule has 0 fully saturated rings. The molecular weight excluding hydrogens is 402 g/mol. The van der Waals surface area contributed by atoms with Gasteiger partial charge in [0.05, 0.1) is 16.6 Å². The van der Waals surface area contributed by atoms with E-state index in [0.717, 1.165) is 22.2 Å². The molecule has 0 unspecified atom stereocenters. The first kappa shape index (κ1) is 17.1. The topological polar surface area (TPSA) is 30.2 Å². The number of benzene rings is 5. The van der Waals surface area contributed by atoms with Gasteiger partial charge in [0.2, 0.25) is 0 Å². The molecule has 3 aromatic heterocycles. The fraction of sp³-hybridized carbons (Fsp3) is 0. The van der Waals surface area contributed by atoms with Crippen molar-refractivity contribution in [3.8, 4) is 0 Å². The van der Waals surface area contributed by atoms with Gasteiger partial charge in [-0.05, 0) is 33.7 Å². The molecule has 33 heavy (non-hydrogen) atoms. The molecule has 0 spiro atoms. The predicted molar refractivity (Wildman–Crippen MR) is 138 cm³/mol. The van der Waals surface area contributed by atoms with Gasteiger partial charge in [-0.3, -0.25) is 4.40 Å². The van der Waals surface area contributed by atoms with Crippen LogP contribution < -0.4 is 0 Å². The van der Waals surface area contributed by atoms with E-state index < -0.39 is 0 Å². The van der Waals surface area contributed by atoms with E-state index in [1.54, 1.807) is 0 Å². The van der Waals surface area contributed by atoms with Gasteiger partial charge in [-0.1, -0.05) is 84.9 Å². The van der Waals surface area contributed by atoms with Crippen LogP contribution >= 0.6 is 0 Å². The van der Waals surface area contributed by atoms with Crippen LogP contribution in [0.5, 0.6) is 0 Å². The van der Waals surface area contributed by atoms with E-state index in [-0.39, 0.29) is 0 Å². The van der Waals surface area contributed by atoms with Crippen molar-refractivity contribution in [2.45, 2.75) is 0 Å². The summed E-state index contributed by atoms with van der Waals surface area (Å²) in [5, 5.41) is 9.83. The van der Waals surface area contributed by atoms with Gasteiger partial charge in [0, 0.05) is 27.7 Å². The fourth-order valence-electron chi connectivity index (χ4n) is 5.54. The van der Waals surface area contributed by atoms with Crippen molar-refractivity contribution >= 4 is 70.8 Å². The smallest absolute Gasteiger partial charge is 0.164 e. The van der Waals surface area contributed by atoms with E-state index in [1.807, 2.05) is 24.3 Å². The quantitative estimate of drug-likeness (QED) is 0.187. The third-order valence-corrected chi connectivity index (χ3v) is 6.91. The summed E-state index contributed by atoms with van der Waals surface area (Å²) in [6.07, 6.45) is 2.21. The molecule has 0 saturated carbocycles. The average Bonchev–Trinajstić information content (AvgIpc) is 3.27. The zero-order valence-electron chi connectivity index (χ0n) is 17.7. The Morgan fingerprint density at radius 1 is 0.485 bits per heavy atom. The number of hydrogen-bond acceptors (Lipinski definition) is 2. The lowest BCUT2D eigenvalue weighted by atomic mass is 9.93. The molecule has 8 rings (SSSR count). The standard InChI is InChI=1S/C30H17N3/c1-2-10-19-18(9-1)17-33-29(19)27-23-14-6-4-12-21(23)20-11-3-5-13-22(20)26(27)28-30(33)32-25-16-8-7-15-24(25)31-28/h1-17H. The Balaban J connectivity index is 1.85. The Morgan fingerprint density at radius 2 is 1.03 bits per heavy atom. The summed E-state index contributed by atoms with van der Waals surface area (Å²) in [6.45, 7) is 0. The molecule has 0 bridgehead atoms.